The van der Waals surface area contributed by atoms with Crippen LogP contribution in [-0.4, -0.2) is 20.0 Å². The Kier molecular flexibility index (Phi) is 4.55. The normalized spacial score (nSPS) is 12.3. The van der Waals surface area contributed by atoms with E-state index in [1.165, 1.54) is 6.07 Å². The molecule has 0 aromatic heterocycles. The van der Waals surface area contributed by atoms with Crippen molar-refractivity contribution in [3.63, 3.8) is 0 Å². The number of ether oxygens (including phenoxy) is 1. The summed E-state index contributed by atoms with van der Waals surface area (Å²) < 4.78 is 28.0. The maximum absolute atomic E-state index is 11.9. The second-order valence-corrected chi connectivity index (χ2v) is 7.96. The lowest BCUT2D eigenvalue weighted by atomic mass is 10.1. The van der Waals surface area contributed by atoms with Crippen LogP contribution in [0.3, 0.4) is 0 Å². The minimum absolute atomic E-state index is 0.00214. The Labute approximate surface area is 122 Å². The standard InChI is InChI=1S/C12H14Cl2O4S/c1-7-5-8(11(15)18-12(2,3)4)6-9(10(7)13)19(14,16)17/h5-6H,1-4H3. The van der Waals surface area contributed by atoms with Gasteiger partial charge in [-0.15, -0.1) is 0 Å². The molecule has 0 bridgehead atoms. The number of hydrogen-bond donors (Lipinski definition) is 0. The molecule has 0 aliphatic carbocycles. The van der Waals surface area contributed by atoms with Crippen molar-refractivity contribution < 1.29 is 17.9 Å². The third-order valence-corrected chi connectivity index (χ3v) is 4.08. The molecule has 0 heterocycles. The third-order valence-electron chi connectivity index (χ3n) is 2.12. The molecule has 7 heteroatoms. The van der Waals surface area contributed by atoms with Crippen molar-refractivity contribution in [1.29, 1.82) is 0 Å². The van der Waals surface area contributed by atoms with Crippen molar-refractivity contribution in [3.8, 4) is 0 Å². The third kappa shape index (κ3) is 4.37. The smallest absolute Gasteiger partial charge is 0.338 e. The van der Waals surface area contributed by atoms with Gasteiger partial charge in [-0.1, -0.05) is 11.6 Å². The SMILES string of the molecule is Cc1cc(C(=O)OC(C)(C)C)cc(S(=O)(=O)Cl)c1Cl. The predicted octanol–water partition coefficient (Wildman–Crippen LogP) is 3.53. The van der Waals surface area contributed by atoms with Gasteiger partial charge in [0.2, 0.25) is 0 Å². The van der Waals surface area contributed by atoms with Gasteiger partial charge in [-0.2, -0.15) is 0 Å². The van der Waals surface area contributed by atoms with Gasteiger partial charge < -0.3 is 4.74 Å². The number of hydrogen-bond acceptors (Lipinski definition) is 4. The van der Waals surface area contributed by atoms with Gasteiger partial charge in [0, 0.05) is 10.7 Å². The molecule has 1 aromatic rings. The Hall–Kier alpha value is -0.780. The molecule has 0 fully saturated rings. The van der Waals surface area contributed by atoms with Crippen LogP contribution in [0.5, 0.6) is 0 Å². The first-order valence-electron chi connectivity index (χ1n) is 5.40. The van der Waals surface area contributed by atoms with Crippen LogP contribution < -0.4 is 0 Å². The van der Waals surface area contributed by atoms with Crippen LogP contribution in [0.2, 0.25) is 5.02 Å². The molecule has 0 unspecified atom stereocenters. The van der Waals surface area contributed by atoms with Gasteiger partial charge in [-0.05, 0) is 45.4 Å². The number of esters is 1. The maximum Gasteiger partial charge on any atom is 0.338 e. The second kappa shape index (κ2) is 5.31. The van der Waals surface area contributed by atoms with E-state index in [1.807, 2.05) is 0 Å². The zero-order valence-corrected chi connectivity index (χ0v) is 13.3. The highest BCUT2D eigenvalue weighted by molar-refractivity contribution is 8.13. The predicted molar refractivity (Wildman–Crippen MR) is 74.4 cm³/mol. The molecule has 0 aliphatic heterocycles. The van der Waals surface area contributed by atoms with Crippen LogP contribution in [0, 0.1) is 6.92 Å². The summed E-state index contributed by atoms with van der Waals surface area (Å²) in [6, 6.07) is 2.58. The molecular weight excluding hydrogens is 311 g/mol. The van der Waals surface area contributed by atoms with Gasteiger partial charge in [0.25, 0.3) is 9.05 Å². The fourth-order valence-electron chi connectivity index (χ4n) is 1.37. The number of benzene rings is 1. The van der Waals surface area contributed by atoms with Gasteiger partial charge >= 0.3 is 5.97 Å². The minimum atomic E-state index is -4.02. The van der Waals surface area contributed by atoms with Gasteiger partial charge in [0.05, 0.1) is 10.6 Å². The molecule has 0 atom stereocenters. The quantitative estimate of drug-likeness (QED) is 0.616. The molecule has 4 nitrogen and oxygen atoms in total. The zero-order chi connectivity index (χ0) is 15.0. The van der Waals surface area contributed by atoms with Gasteiger partial charge in [-0.3, -0.25) is 0 Å². The molecule has 106 valence electrons. The van der Waals surface area contributed by atoms with Gasteiger partial charge in [0.1, 0.15) is 10.5 Å². The van der Waals surface area contributed by atoms with Crippen molar-refractivity contribution in [2.75, 3.05) is 0 Å². The molecule has 1 aromatic carbocycles. The molecule has 1 rings (SSSR count). The first-order valence-corrected chi connectivity index (χ1v) is 8.09. The summed E-state index contributed by atoms with van der Waals surface area (Å²) in [6.07, 6.45) is 0. The topological polar surface area (TPSA) is 60.4 Å². The van der Waals surface area contributed by atoms with E-state index < -0.39 is 20.6 Å². The first kappa shape index (κ1) is 16.3. The van der Waals surface area contributed by atoms with E-state index in [4.69, 9.17) is 27.0 Å². The zero-order valence-electron chi connectivity index (χ0n) is 11.0. The van der Waals surface area contributed by atoms with Crippen molar-refractivity contribution in [3.05, 3.63) is 28.3 Å². The number of rotatable bonds is 2. The van der Waals surface area contributed by atoms with Crippen molar-refractivity contribution in [2.45, 2.75) is 38.2 Å². The molecule has 0 saturated heterocycles. The Morgan fingerprint density at radius 1 is 1.26 bits per heavy atom. The summed E-state index contributed by atoms with van der Waals surface area (Å²) in [5.74, 6) is -0.631. The molecular formula is C12H14Cl2O4S. The van der Waals surface area contributed by atoms with E-state index in [0.29, 0.717) is 5.56 Å². The molecule has 0 radical (unpaired) electrons. The molecule has 19 heavy (non-hydrogen) atoms. The van der Waals surface area contributed by atoms with E-state index >= 15 is 0 Å². The largest absolute Gasteiger partial charge is 0.456 e. The molecule has 0 spiro atoms. The van der Waals surface area contributed by atoms with Crippen LogP contribution in [0.4, 0.5) is 0 Å². The van der Waals surface area contributed by atoms with E-state index in [0.717, 1.165) is 6.07 Å². The van der Waals surface area contributed by atoms with E-state index in [9.17, 15) is 13.2 Å². The average Bonchev–Trinajstić information content (AvgIpc) is 2.17. The van der Waals surface area contributed by atoms with E-state index in [1.54, 1.807) is 27.7 Å². The summed E-state index contributed by atoms with van der Waals surface area (Å²) in [7, 11) is 1.26. The van der Waals surface area contributed by atoms with Gasteiger partial charge in [0.15, 0.2) is 0 Å². The molecule has 0 N–H and O–H groups in total. The highest BCUT2D eigenvalue weighted by atomic mass is 35.7. The lowest BCUT2D eigenvalue weighted by molar-refractivity contribution is 0.00691. The summed E-state index contributed by atoms with van der Waals surface area (Å²) >= 11 is 5.87. The highest BCUT2D eigenvalue weighted by Gasteiger charge is 2.23. The average molecular weight is 325 g/mol. The fraction of sp³-hybridized carbons (Fsp3) is 0.417. The monoisotopic (exact) mass is 324 g/mol. The number of halogens is 2. The van der Waals surface area contributed by atoms with Crippen molar-refractivity contribution in [2.24, 2.45) is 0 Å². The number of carbonyl (C=O) groups excluding carboxylic acids is 1. The summed E-state index contributed by atoms with van der Waals surface area (Å²) in [6.45, 7) is 6.73. The van der Waals surface area contributed by atoms with E-state index in [2.05, 4.69) is 0 Å². The molecule has 0 saturated carbocycles. The van der Waals surface area contributed by atoms with Crippen LogP contribution in [0.1, 0.15) is 36.7 Å². The summed E-state index contributed by atoms with van der Waals surface area (Å²) in [5.41, 5.74) is -0.148. The highest BCUT2D eigenvalue weighted by Crippen LogP contribution is 2.29. The van der Waals surface area contributed by atoms with Crippen LogP contribution in [0.15, 0.2) is 17.0 Å². The first-order chi connectivity index (χ1) is 8.42. The van der Waals surface area contributed by atoms with Gasteiger partial charge in [-0.25, -0.2) is 13.2 Å². The Bertz CT molecular complexity index is 615. The second-order valence-electron chi connectivity index (χ2n) is 5.05. The fourth-order valence-corrected chi connectivity index (χ4v) is 2.91. The summed E-state index contributed by atoms with van der Waals surface area (Å²) in [5, 5.41) is 0.00214. The minimum Gasteiger partial charge on any atom is -0.456 e. The van der Waals surface area contributed by atoms with Crippen LogP contribution in [-0.2, 0) is 13.8 Å². The van der Waals surface area contributed by atoms with Crippen LogP contribution >= 0.6 is 22.3 Å². The van der Waals surface area contributed by atoms with E-state index in [-0.39, 0.29) is 15.5 Å². The Morgan fingerprint density at radius 3 is 2.21 bits per heavy atom. The van der Waals surface area contributed by atoms with Crippen LogP contribution in [0.25, 0.3) is 0 Å². The number of carbonyl (C=O) groups is 1. The maximum atomic E-state index is 11.9. The Morgan fingerprint density at radius 2 is 1.79 bits per heavy atom. The van der Waals surface area contributed by atoms with Crippen molar-refractivity contribution in [1.82, 2.24) is 0 Å². The van der Waals surface area contributed by atoms with Crippen molar-refractivity contribution >= 4 is 37.3 Å². The molecule has 0 aliphatic rings. The Balaban J connectivity index is 3.33. The lowest BCUT2D eigenvalue weighted by Gasteiger charge is -2.20. The lowest BCUT2D eigenvalue weighted by Crippen LogP contribution is -2.24. The summed E-state index contributed by atoms with van der Waals surface area (Å²) in [4.78, 5) is 11.6. The number of aryl methyl sites for hydroxylation is 1. The molecule has 0 amide bonds.